The van der Waals surface area contributed by atoms with Crippen LogP contribution in [0.5, 0.6) is 5.75 Å². The van der Waals surface area contributed by atoms with Crippen LogP contribution in [0.15, 0.2) is 42.5 Å². The number of hydrogen-bond acceptors (Lipinski definition) is 2. The molecule has 3 nitrogen and oxygen atoms in total. The first-order valence-electron chi connectivity index (χ1n) is 7.66. The standard InChI is InChI=1S/C19H22ClNO2/c1-12-8-9-18(13(2)10-12)14(3)21-19(22)15(4)23-17-7-5-6-16(20)11-17/h5-11,14-15H,1-4H3,(H,21,22)/t14-,15+/m0/s1. The van der Waals surface area contributed by atoms with Gasteiger partial charge in [-0.2, -0.15) is 0 Å². The molecule has 122 valence electrons. The maximum absolute atomic E-state index is 12.3. The molecule has 0 heterocycles. The Morgan fingerprint density at radius 2 is 1.87 bits per heavy atom. The lowest BCUT2D eigenvalue weighted by molar-refractivity contribution is -0.127. The van der Waals surface area contributed by atoms with E-state index in [1.807, 2.05) is 6.92 Å². The maximum atomic E-state index is 12.3. The second-order valence-corrected chi connectivity index (χ2v) is 6.24. The molecule has 0 unspecified atom stereocenters. The van der Waals surface area contributed by atoms with Crippen molar-refractivity contribution in [2.75, 3.05) is 0 Å². The SMILES string of the molecule is Cc1ccc([C@H](C)NC(=O)[C@@H](C)Oc2cccc(Cl)c2)c(C)c1. The number of hydrogen-bond donors (Lipinski definition) is 1. The summed E-state index contributed by atoms with van der Waals surface area (Å²) in [4.78, 5) is 12.3. The van der Waals surface area contributed by atoms with E-state index in [2.05, 4.69) is 37.4 Å². The van der Waals surface area contributed by atoms with E-state index in [4.69, 9.17) is 16.3 Å². The first-order chi connectivity index (χ1) is 10.9. The first kappa shape index (κ1) is 17.4. The van der Waals surface area contributed by atoms with E-state index in [1.165, 1.54) is 11.1 Å². The van der Waals surface area contributed by atoms with Crippen LogP contribution in [0.1, 0.15) is 36.6 Å². The third kappa shape index (κ3) is 4.73. The van der Waals surface area contributed by atoms with Crippen molar-refractivity contribution in [3.8, 4) is 5.75 Å². The van der Waals surface area contributed by atoms with Gasteiger partial charge in [0, 0.05) is 5.02 Å². The first-order valence-corrected chi connectivity index (χ1v) is 8.04. The van der Waals surface area contributed by atoms with Crippen molar-refractivity contribution in [3.63, 3.8) is 0 Å². The number of amides is 1. The molecule has 1 N–H and O–H groups in total. The van der Waals surface area contributed by atoms with Crippen LogP contribution in [0.3, 0.4) is 0 Å². The molecule has 2 aromatic rings. The second-order valence-electron chi connectivity index (χ2n) is 5.81. The Hall–Kier alpha value is -2.00. The summed E-state index contributed by atoms with van der Waals surface area (Å²) in [5.74, 6) is 0.428. The molecular weight excluding hydrogens is 310 g/mol. The van der Waals surface area contributed by atoms with Crippen LogP contribution in [0, 0.1) is 13.8 Å². The molecule has 2 atom stereocenters. The van der Waals surface area contributed by atoms with E-state index in [9.17, 15) is 4.79 Å². The fourth-order valence-corrected chi connectivity index (χ4v) is 2.70. The lowest BCUT2D eigenvalue weighted by Gasteiger charge is -2.20. The highest BCUT2D eigenvalue weighted by atomic mass is 35.5. The van der Waals surface area contributed by atoms with Gasteiger partial charge in [0.05, 0.1) is 6.04 Å². The van der Waals surface area contributed by atoms with E-state index in [0.29, 0.717) is 10.8 Å². The minimum Gasteiger partial charge on any atom is -0.481 e. The van der Waals surface area contributed by atoms with E-state index < -0.39 is 6.10 Å². The predicted octanol–water partition coefficient (Wildman–Crippen LogP) is 4.60. The second kappa shape index (κ2) is 7.51. The van der Waals surface area contributed by atoms with Gasteiger partial charge in [-0.1, -0.05) is 41.4 Å². The van der Waals surface area contributed by atoms with Crippen molar-refractivity contribution in [1.82, 2.24) is 5.32 Å². The average Bonchev–Trinajstić information content (AvgIpc) is 2.46. The number of carbonyl (C=O) groups is 1. The molecule has 4 heteroatoms. The van der Waals surface area contributed by atoms with Crippen molar-refractivity contribution in [3.05, 3.63) is 64.2 Å². The van der Waals surface area contributed by atoms with E-state index in [-0.39, 0.29) is 11.9 Å². The molecule has 2 rings (SSSR count). The number of benzene rings is 2. The Bertz CT molecular complexity index is 700. The number of ether oxygens (including phenoxy) is 1. The summed E-state index contributed by atoms with van der Waals surface area (Å²) < 4.78 is 5.65. The number of rotatable bonds is 5. The molecule has 1 amide bonds. The minimum atomic E-state index is -0.596. The number of carbonyl (C=O) groups excluding carboxylic acids is 1. The van der Waals surface area contributed by atoms with Crippen molar-refractivity contribution in [2.24, 2.45) is 0 Å². The monoisotopic (exact) mass is 331 g/mol. The summed E-state index contributed by atoms with van der Waals surface area (Å²) >= 11 is 5.92. The Balaban J connectivity index is 2.00. The molecule has 0 aliphatic heterocycles. The normalized spacial score (nSPS) is 13.3. The summed E-state index contributed by atoms with van der Waals surface area (Å²) in [6.45, 7) is 7.81. The molecule has 0 aliphatic rings. The van der Waals surface area contributed by atoms with Crippen LogP contribution in [0.4, 0.5) is 0 Å². The highest BCUT2D eigenvalue weighted by molar-refractivity contribution is 6.30. The number of halogens is 1. The quantitative estimate of drug-likeness (QED) is 0.869. The topological polar surface area (TPSA) is 38.3 Å². The van der Waals surface area contributed by atoms with Gasteiger partial charge in [-0.05, 0) is 57.0 Å². The van der Waals surface area contributed by atoms with Crippen molar-refractivity contribution < 1.29 is 9.53 Å². The molecule has 23 heavy (non-hydrogen) atoms. The molecule has 2 aromatic carbocycles. The van der Waals surface area contributed by atoms with Gasteiger partial charge in [-0.3, -0.25) is 4.79 Å². The molecular formula is C19H22ClNO2. The van der Waals surface area contributed by atoms with E-state index in [0.717, 1.165) is 5.56 Å². The van der Waals surface area contributed by atoms with Gasteiger partial charge >= 0.3 is 0 Å². The van der Waals surface area contributed by atoms with E-state index in [1.54, 1.807) is 31.2 Å². The van der Waals surface area contributed by atoms with Gasteiger partial charge in [0.25, 0.3) is 5.91 Å². The Morgan fingerprint density at radius 1 is 1.13 bits per heavy atom. The van der Waals surface area contributed by atoms with Crippen LogP contribution in [-0.4, -0.2) is 12.0 Å². The minimum absolute atomic E-state index is 0.0755. The van der Waals surface area contributed by atoms with Gasteiger partial charge in [-0.15, -0.1) is 0 Å². The van der Waals surface area contributed by atoms with Gasteiger partial charge in [0.2, 0.25) is 0 Å². The zero-order valence-electron chi connectivity index (χ0n) is 13.9. The Kier molecular flexibility index (Phi) is 5.67. The van der Waals surface area contributed by atoms with Gasteiger partial charge < -0.3 is 10.1 Å². The zero-order chi connectivity index (χ0) is 17.0. The van der Waals surface area contributed by atoms with Crippen molar-refractivity contribution in [1.29, 1.82) is 0 Å². The van der Waals surface area contributed by atoms with Gasteiger partial charge in [0.1, 0.15) is 5.75 Å². The summed E-state index contributed by atoms with van der Waals surface area (Å²) in [5.41, 5.74) is 3.49. The van der Waals surface area contributed by atoms with Crippen molar-refractivity contribution in [2.45, 2.75) is 39.8 Å². The molecule has 0 aliphatic carbocycles. The van der Waals surface area contributed by atoms with E-state index >= 15 is 0 Å². The van der Waals surface area contributed by atoms with Gasteiger partial charge in [-0.25, -0.2) is 0 Å². The number of aryl methyl sites for hydroxylation is 2. The molecule has 0 saturated heterocycles. The predicted molar refractivity (Wildman–Crippen MR) is 94.0 cm³/mol. The third-order valence-electron chi connectivity index (χ3n) is 3.73. The van der Waals surface area contributed by atoms with Crippen LogP contribution >= 0.6 is 11.6 Å². The molecule has 0 radical (unpaired) electrons. The molecule has 0 bridgehead atoms. The summed E-state index contributed by atoms with van der Waals surface area (Å²) in [6.07, 6.45) is -0.596. The fourth-order valence-electron chi connectivity index (χ4n) is 2.52. The maximum Gasteiger partial charge on any atom is 0.261 e. The van der Waals surface area contributed by atoms with Gasteiger partial charge in [0.15, 0.2) is 6.10 Å². The van der Waals surface area contributed by atoms with Crippen molar-refractivity contribution >= 4 is 17.5 Å². The summed E-state index contributed by atoms with van der Waals surface area (Å²) in [6, 6.07) is 13.2. The lowest BCUT2D eigenvalue weighted by Crippen LogP contribution is -2.38. The molecule has 0 spiro atoms. The highest BCUT2D eigenvalue weighted by Gasteiger charge is 2.18. The Labute approximate surface area is 142 Å². The zero-order valence-corrected chi connectivity index (χ0v) is 14.6. The van der Waals surface area contributed by atoms with Crippen LogP contribution in [-0.2, 0) is 4.79 Å². The third-order valence-corrected chi connectivity index (χ3v) is 3.96. The van der Waals surface area contributed by atoms with Crippen LogP contribution < -0.4 is 10.1 Å². The average molecular weight is 332 g/mol. The lowest BCUT2D eigenvalue weighted by atomic mass is 10.0. The fraction of sp³-hybridized carbons (Fsp3) is 0.316. The van der Waals surface area contributed by atoms with Crippen LogP contribution in [0.25, 0.3) is 0 Å². The molecule has 0 aromatic heterocycles. The molecule has 0 fully saturated rings. The Morgan fingerprint density at radius 3 is 2.52 bits per heavy atom. The number of nitrogens with one attached hydrogen (secondary N) is 1. The molecule has 0 saturated carbocycles. The largest absolute Gasteiger partial charge is 0.481 e. The highest BCUT2D eigenvalue weighted by Crippen LogP contribution is 2.20. The van der Waals surface area contributed by atoms with Crippen LogP contribution in [0.2, 0.25) is 5.02 Å². The summed E-state index contributed by atoms with van der Waals surface area (Å²) in [5, 5.41) is 3.58. The smallest absolute Gasteiger partial charge is 0.261 e. The summed E-state index contributed by atoms with van der Waals surface area (Å²) in [7, 11) is 0.